The Kier molecular flexibility index (Phi) is 5.99. The first-order chi connectivity index (χ1) is 10.2. The van der Waals surface area contributed by atoms with E-state index in [1.54, 1.807) is 0 Å². The lowest BCUT2D eigenvalue weighted by Gasteiger charge is -2.32. The van der Waals surface area contributed by atoms with Gasteiger partial charge in [0.05, 0.1) is 0 Å². The molecule has 2 rings (SSSR count). The number of aromatic nitrogens is 3. The molecule has 1 unspecified atom stereocenters. The maximum absolute atomic E-state index is 6.04. The lowest BCUT2D eigenvalue weighted by atomic mass is 10.1. The first kappa shape index (κ1) is 16.2. The summed E-state index contributed by atoms with van der Waals surface area (Å²) < 4.78 is 0. The number of halogens is 1. The minimum Gasteiger partial charge on any atom is -0.350 e. The summed E-state index contributed by atoms with van der Waals surface area (Å²) in [5.74, 6) is 1.23. The molecular weight excluding hydrogens is 288 g/mol. The van der Waals surface area contributed by atoms with Crippen LogP contribution in [-0.2, 0) is 0 Å². The van der Waals surface area contributed by atoms with Gasteiger partial charge in [0.15, 0.2) is 0 Å². The van der Waals surface area contributed by atoms with E-state index < -0.39 is 0 Å². The first-order valence-corrected chi connectivity index (χ1v) is 8.19. The molecule has 21 heavy (non-hydrogen) atoms. The standard InChI is InChI=1S/C14H25ClN6/c1-4-20-9-7-8-11(10-20)16-13-17-12(15)18-14(19-13)21(5-2)6-3/h11H,4-10H2,1-3H3,(H,16,17,18,19). The molecule has 118 valence electrons. The van der Waals surface area contributed by atoms with Crippen LogP contribution < -0.4 is 10.2 Å². The fourth-order valence-corrected chi connectivity index (χ4v) is 2.85. The van der Waals surface area contributed by atoms with Crippen molar-refractivity contribution < 1.29 is 0 Å². The minimum atomic E-state index is 0.248. The van der Waals surface area contributed by atoms with E-state index in [0.717, 1.165) is 32.6 Å². The molecular formula is C14H25ClN6. The number of hydrogen-bond donors (Lipinski definition) is 1. The van der Waals surface area contributed by atoms with E-state index in [4.69, 9.17) is 11.6 Å². The highest BCUT2D eigenvalue weighted by Gasteiger charge is 2.20. The molecule has 0 aliphatic carbocycles. The van der Waals surface area contributed by atoms with Crippen LogP contribution in [0, 0.1) is 0 Å². The summed E-state index contributed by atoms with van der Waals surface area (Å²) in [6.07, 6.45) is 2.34. The smallest absolute Gasteiger partial charge is 0.231 e. The summed E-state index contributed by atoms with van der Waals surface area (Å²) in [5, 5.41) is 3.66. The van der Waals surface area contributed by atoms with Crippen LogP contribution in [0.15, 0.2) is 0 Å². The zero-order valence-electron chi connectivity index (χ0n) is 13.1. The van der Waals surface area contributed by atoms with Crippen molar-refractivity contribution in [1.29, 1.82) is 0 Å². The molecule has 2 heterocycles. The molecule has 1 aliphatic rings. The van der Waals surface area contributed by atoms with E-state index in [2.05, 4.69) is 50.8 Å². The van der Waals surface area contributed by atoms with Crippen molar-refractivity contribution in [2.24, 2.45) is 0 Å². The van der Waals surface area contributed by atoms with Crippen molar-refractivity contribution in [3.63, 3.8) is 0 Å². The van der Waals surface area contributed by atoms with E-state index in [-0.39, 0.29) is 5.28 Å². The second-order valence-electron chi connectivity index (χ2n) is 5.28. The Labute approximate surface area is 131 Å². The summed E-state index contributed by atoms with van der Waals surface area (Å²) in [7, 11) is 0. The van der Waals surface area contributed by atoms with Crippen LogP contribution in [-0.4, -0.2) is 58.6 Å². The second-order valence-corrected chi connectivity index (χ2v) is 5.62. The lowest BCUT2D eigenvalue weighted by molar-refractivity contribution is 0.226. The van der Waals surface area contributed by atoms with Gasteiger partial charge in [-0.3, -0.25) is 0 Å². The number of likely N-dealkylation sites (tertiary alicyclic amines) is 1. The predicted octanol–water partition coefficient (Wildman–Crippen LogP) is 2.27. The number of likely N-dealkylation sites (N-methyl/N-ethyl adjacent to an activating group) is 1. The molecule has 0 saturated carbocycles. The fourth-order valence-electron chi connectivity index (χ4n) is 2.70. The third-order valence-corrected chi connectivity index (χ3v) is 4.10. The van der Waals surface area contributed by atoms with Crippen LogP contribution in [0.5, 0.6) is 0 Å². The molecule has 0 radical (unpaired) electrons. The Morgan fingerprint density at radius 1 is 1.24 bits per heavy atom. The van der Waals surface area contributed by atoms with Gasteiger partial charge in [-0.15, -0.1) is 0 Å². The monoisotopic (exact) mass is 312 g/mol. The maximum Gasteiger partial charge on any atom is 0.231 e. The van der Waals surface area contributed by atoms with Gasteiger partial charge in [-0.25, -0.2) is 0 Å². The molecule has 1 fully saturated rings. The summed E-state index contributed by atoms with van der Waals surface area (Å²) in [4.78, 5) is 17.5. The SMILES string of the molecule is CCN1CCCC(Nc2nc(Cl)nc(N(CC)CC)n2)C1. The van der Waals surface area contributed by atoms with E-state index >= 15 is 0 Å². The topological polar surface area (TPSA) is 57.2 Å². The largest absolute Gasteiger partial charge is 0.350 e. The molecule has 0 bridgehead atoms. The number of rotatable bonds is 6. The van der Waals surface area contributed by atoms with Gasteiger partial charge in [-0.2, -0.15) is 15.0 Å². The Hall–Kier alpha value is -1.14. The Morgan fingerprint density at radius 3 is 2.67 bits per heavy atom. The molecule has 6 nitrogen and oxygen atoms in total. The molecule has 1 aromatic rings. The molecule has 1 N–H and O–H groups in total. The van der Waals surface area contributed by atoms with Crippen molar-refractivity contribution in [1.82, 2.24) is 19.9 Å². The van der Waals surface area contributed by atoms with Crippen LogP contribution >= 0.6 is 11.6 Å². The highest BCUT2D eigenvalue weighted by atomic mass is 35.5. The Morgan fingerprint density at radius 2 is 2.00 bits per heavy atom. The zero-order valence-corrected chi connectivity index (χ0v) is 13.9. The van der Waals surface area contributed by atoms with Gasteiger partial charge in [-0.05, 0) is 51.4 Å². The Balaban J connectivity index is 2.09. The van der Waals surface area contributed by atoms with Crippen molar-refractivity contribution >= 4 is 23.5 Å². The maximum atomic E-state index is 6.04. The van der Waals surface area contributed by atoms with E-state index in [1.165, 1.54) is 13.0 Å². The number of nitrogens with one attached hydrogen (secondary N) is 1. The van der Waals surface area contributed by atoms with Crippen molar-refractivity contribution in [2.45, 2.75) is 39.7 Å². The van der Waals surface area contributed by atoms with Crippen LogP contribution in [0.25, 0.3) is 0 Å². The molecule has 1 aromatic heterocycles. The number of hydrogen-bond acceptors (Lipinski definition) is 6. The molecule has 1 aliphatic heterocycles. The average Bonchev–Trinajstić information content (AvgIpc) is 2.48. The molecule has 0 aromatic carbocycles. The third kappa shape index (κ3) is 4.41. The van der Waals surface area contributed by atoms with Crippen molar-refractivity contribution in [3.8, 4) is 0 Å². The molecule has 1 saturated heterocycles. The summed E-state index contributed by atoms with van der Waals surface area (Å²) in [5.41, 5.74) is 0. The lowest BCUT2D eigenvalue weighted by Crippen LogP contribution is -2.42. The van der Waals surface area contributed by atoms with Crippen LogP contribution in [0.2, 0.25) is 5.28 Å². The summed E-state index contributed by atoms with van der Waals surface area (Å²) in [6.45, 7) is 11.3. The average molecular weight is 313 g/mol. The third-order valence-electron chi connectivity index (χ3n) is 3.93. The van der Waals surface area contributed by atoms with Crippen molar-refractivity contribution in [2.75, 3.05) is 42.9 Å². The minimum absolute atomic E-state index is 0.248. The van der Waals surface area contributed by atoms with Crippen LogP contribution in [0.1, 0.15) is 33.6 Å². The van der Waals surface area contributed by atoms with Gasteiger partial charge in [0.2, 0.25) is 17.2 Å². The highest BCUT2D eigenvalue weighted by molar-refractivity contribution is 6.28. The Bertz CT molecular complexity index is 451. The zero-order chi connectivity index (χ0) is 15.2. The quantitative estimate of drug-likeness (QED) is 0.869. The molecule has 0 spiro atoms. The number of nitrogens with zero attached hydrogens (tertiary/aromatic N) is 5. The van der Waals surface area contributed by atoms with Crippen molar-refractivity contribution in [3.05, 3.63) is 5.28 Å². The fraction of sp³-hybridized carbons (Fsp3) is 0.786. The molecule has 0 amide bonds. The van der Waals surface area contributed by atoms with Gasteiger partial charge in [0.25, 0.3) is 0 Å². The van der Waals surface area contributed by atoms with Gasteiger partial charge >= 0.3 is 0 Å². The number of piperidine rings is 1. The van der Waals surface area contributed by atoms with Crippen LogP contribution in [0.4, 0.5) is 11.9 Å². The number of anilines is 2. The summed E-state index contributed by atoms with van der Waals surface area (Å²) >= 11 is 6.04. The van der Waals surface area contributed by atoms with Gasteiger partial charge in [-0.1, -0.05) is 6.92 Å². The molecule has 7 heteroatoms. The van der Waals surface area contributed by atoms with E-state index in [9.17, 15) is 0 Å². The van der Waals surface area contributed by atoms with E-state index in [1.807, 2.05) is 0 Å². The van der Waals surface area contributed by atoms with Crippen LogP contribution in [0.3, 0.4) is 0 Å². The predicted molar refractivity (Wildman–Crippen MR) is 87.2 cm³/mol. The van der Waals surface area contributed by atoms with Gasteiger partial charge in [0, 0.05) is 25.7 Å². The first-order valence-electron chi connectivity index (χ1n) is 7.81. The van der Waals surface area contributed by atoms with E-state index in [0.29, 0.717) is 17.9 Å². The summed E-state index contributed by atoms with van der Waals surface area (Å²) in [6, 6.07) is 0.377. The normalized spacial score (nSPS) is 19.5. The molecule has 1 atom stereocenters. The van der Waals surface area contributed by atoms with Gasteiger partial charge in [0.1, 0.15) is 0 Å². The second kappa shape index (κ2) is 7.75. The highest BCUT2D eigenvalue weighted by Crippen LogP contribution is 2.17. The van der Waals surface area contributed by atoms with Gasteiger partial charge < -0.3 is 15.1 Å².